The smallest absolute Gasteiger partial charge is 0.347 e. The number of carbonyl (C=O) groups is 1. The molecule has 0 saturated carbocycles. The van der Waals surface area contributed by atoms with Crippen LogP contribution < -0.4 is 4.74 Å². The van der Waals surface area contributed by atoms with E-state index in [0.29, 0.717) is 34.7 Å². The summed E-state index contributed by atoms with van der Waals surface area (Å²) in [6.45, 7) is 7.56. The predicted octanol–water partition coefficient (Wildman–Crippen LogP) is 5.22. The van der Waals surface area contributed by atoms with Crippen LogP contribution in [0.1, 0.15) is 39.2 Å². The Hall–Kier alpha value is -2.05. The van der Waals surface area contributed by atoms with E-state index in [1.807, 2.05) is 20.8 Å². The number of benzene rings is 2. The van der Waals surface area contributed by atoms with Gasteiger partial charge < -0.3 is 9.47 Å². The molecule has 0 fully saturated rings. The Labute approximate surface area is 177 Å². The van der Waals surface area contributed by atoms with Crippen LogP contribution in [0.15, 0.2) is 41.3 Å². The van der Waals surface area contributed by atoms with Gasteiger partial charge in [-0.3, -0.25) is 0 Å². The zero-order valence-corrected chi connectivity index (χ0v) is 18.8. The van der Waals surface area contributed by atoms with Crippen molar-refractivity contribution in [2.75, 3.05) is 12.4 Å². The van der Waals surface area contributed by atoms with Crippen LogP contribution in [-0.2, 0) is 19.4 Å². The Bertz CT molecular complexity index is 969. The molecule has 1 atom stereocenters. The van der Waals surface area contributed by atoms with Crippen LogP contribution in [0.5, 0.6) is 5.75 Å². The minimum absolute atomic E-state index is 0.0785. The molecule has 2 aromatic carbocycles. The molecule has 0 N–H and O–H groups in total. The molecule has 5 nitrogen and oxygen atoms in total. The lowest BCUT2D eigenvalue weighted by Gasteiger charge is -2.20. The van der Waals surface area contributed by atoms with Gasteiger partial charge >= 0.3 is 5.97 Å². The summed E-state index contributed by atoms with van der Waals surface area (Å²) < 4.78 is 36.1. The Morgan fingerprint density at radius 1 is 1.07 bits per heavy atom. The van der Waals surface area contributed by atoms with Crippen LogP contribution in [-0.4, -0.2) is 32.9 Å². The van der Waals surface area contributed by atoms with E-state index in [9.17, 15) is 13.2 Å². The lowest BCUT2D eigenvalue weighted by atomic mass is 9.99. The number of ether oxygens (including phenoxy) is 2. The van der Waals surface area contributed by atoms with Gasteiger partial charge in [-0.2, -0.15) is 0 Å². The topological polar surface area (TPSA) is 69.7 Å². The Morgan fingerprint density at radius 2 is 1.79 bits per heavy atom. The lowest BCUT2D eigenvalue weighted by Crippen LogP contribution is -2.28. The first-order valence-corrected chi connectivity index (χ1v) is 11.7. The molecule has 0 spiro atoms. The van der Waals surface area contributed by atoms with E-state index in [1.54, 1.807) is 43.3 Å². The average Bonchev–Trinajstić information content (AvgIpc) is 2.67. The number of halogens is 1. The summed E-state index contributed by atoms with van der Waals surface area (Å²) >= 11 is 6.22. The van der Waals surface area contributed by atoms with E-state index in [1.165, 1.54) is 0 Å². The van der Waals surface area contributed by atoms with E-state index in [2.05, 4.69) is 0 Å². The minimum Gasteiger partial charge on any atom is -0.478 e. The lowest BCUT2D eigenvalue weighted by molar-refractivity contribution is -0.151. The van der Waals surface area contributed by atoms with Crippen molar-refractivity contribution < 1.29 is 22.7 Å². The van der Waals surface area contributed by atoms with Gasteiger partial charge in [0, 0.05) is 10.6 Å². The highest BCUT2D eigenvalue weighted by atomic mass is 35.5. The van der Waals surface area contributed by atoms with E-state index in [4.69, 9.17) is 21.1 Å². The van der Waals surface area contributed by atoms with Crippen LogP contribution in [0.25, 0.3) is 11.1 Å². The summed E-state index contributed by atoms with van der Waals surface area (Å²) in [7, 11) is -3.38. The van der Waals surface area contributed by atoms with E-state index < -0.39 is 21.9 Å². The van der Waals surface area contributed by atoms with Gasteiger partial charge in [-0.1, -0.05) is 31.5 Å². The highest BCUT2D eigenvalue weighted by molar-refractivity contribution is 7.91. The SMILES string of the molecule is CCCS(=O)(=O)c1ccc(C)c(-c2cc(Cl)ccc2OC(CC)C(=O)OCC)c1. The summed E-state index contributed by atoms with van der Waals surface area (Å²) in [5.41, 5.74) is 2.20. The number of rotatable bonds is 9. The van der Waals surface area contributed by atoms with E-state index in [0.717, 1.165) is 5.56 Å². The normalized spacial score (nSPS) is 12.4. The number of carbonyl (C=O) groups excluding carboxylic acids is 1. The molecule has 0 amide bonds. The third-order valence-corrected chi connectivity index (χ3v) is 6.62. The zero-order chi connectivity index (χ0) is 21.6. The molecule has 0 aliphatic heterocycles. The van der Waals surface area contributed by atoms with Crippen LogP contribution in [0.2, 0.25) is 5.02 Å². The molecule has 0 saturated heterocycles. The van der Waals surface area contributed by atoms with Crippen LogP contribution in [0.4, 0.5) is 0 Å². The molecule has 0 aromatic heterocycles. The van der Waals surface area contributed by atoms with Crippen molar-refractivity contribution in [3.05, 3.63) is 47.0 Å². The van der Waals surface area contributed by atoms with Gasteiger partial charge in [0.15, 0.2) is 15.9 Å². The molecule has 29 heavy (non-hydrogen) atoms. The maximum absolute atomic E-state index is 12.5. The second-order valence-corrected chi connectivity index (χ2v) is 9.25. The highest BCUT2D eigenvalue weighted by Gasteiger charge is 2.23. The van der Waals surface area contributed by atoms with E-state index in [-0.39, 0.29) is 17.3 Å². The Balaban J connectivity index is 2.55. The number of aryl methyl sites for hydroxylation is 1. The molecule has 0 aliphatic carbocycles. The second-order valence-electron chi connectivity index (χ2n) is 6.70. The van der Waals surface area contributed by atoms with Crippen molar-refractivity contribution in [3.63, 3.8) is 0 Å². The van der Waals surface area contributed by atoms with Gasteiger partial charge in [0.1, 0.15) is 5.75 Å². The number of hydrogen-bond donors (Lipinski definition) is 0. The van der Waals surface area contributed by atoms with Crippen molar-refractivity contribution in [1.29, 1.82) is 0 Å². The third-order valence-electron chi connectivity index (χ3n) is 4.46. The van der Waals surface area contributed by atoms with Crippen LogP contribution in [0.3, 0.4) is 0 Å². The van der Waals surface area contributed by atoms with Crippen molar-refractivity contribution in [3.8, 4) is 16.9 Å². The number of hydrogen-bond acceptors (Lipinski definition) is 5. The van der Waals surface area contributed by atoms with Crippen LogP contribution >= 0.6 is 11.6 Å². The monoisotopic (exact) mass is 438 g/mol. The number of esters is 1. The zero-order valence-electron chi connectivity index (χ0n) is 17.2. The maximum atomic E-state index is 12.5. The molecule has 0 bridgehead atoms. The predicted molar refractivity (Wildman–Crippen MR) is 115 cm³/mol. The first-order chi connectivity index (χ1) is 13.7. The molecule has 2 aromatic rings. The van der Waals surface area contributed by atoms with Gasteiger partial charge in [0.05, 0.1) is 17.3 Å². The molecule has 0 aliphatic rings. The summed E-state index contributed by atoms with van der Waals surface area (Å²) in [5, 5.41) is 0.484. The second kappa shape index (κ2) is 10.1. The maximum Gasteiger partial charge on any atom is 0.347 e. The van der Waals surface area contributed by atoms with Crippen molar-refractivity contribution in [1.82, 2.24) is 0 Å². The third kappa shape index (κ3) is 5.73. The van der Waals surface area contributed by atoms with Gasteiger partial charge in [0.2, 0.25) is 0 Å². The molecular weight excluding hydrogens is 412 g/mol. The van der Waals surface area contributed by atoms with Crippen LogP contribution in [0, 0.1) is 6.92 Å². The summed E-state index contributed by atoms with van der Waals surface area (Å²) in [4.78, 5) is 12.4. The fourth-order valence-electron chi connectivity index (χ4n) is 2.97. The molecule has 158 valence electrons. The molecule has 0 radical (unpaired) electrons. The molecule has 0 heterocycles. The minimum atomic E-state index is -3.38. The quantitative estimate of drug-likeness (QED) is 0.502. The molecule has 7 heteroatoms. The summed E-state index contributed by atoms with van der Waals surface area (Å²) in [5.74, 6) is 0.0872. The van der Waals surface area contributed by atoms with Crippen molar-refractivity contribution >= 4 is 27.4 Å². The first kappa shape index (κ1) is 23.2. The average molecular weight is 439 g/mol. The van der Waals surface area contributed by atoms with Crippen molar-refractivity contribution in [2.45, 2.75) is 51.5 Å². The fourth-order valence-corrected chi connectivity index (χ4v) is 4.49. The van der Waals surface area contributed by atoms with Crippen molar-refractivity contribution in [2.24, 2.45) is 0 Å². The summed E-state index contributed by atoms with van der Waals surface area (Å²) in [6.07, 6.45) is 0.210. The van der Waals surface area contributed by atoms with Gasteiger partial charge in [-0.25, -0.2) is 13.2 Å². The van der Waals surface area contributed by atoms with E-state index >= 15 is 0 Å². The largest absolute Gasteiger partial charge is 0.478 e. The Morgan fingerprint density at radius 3 is 2.41 bits per heavy atom. The standard InChI is InChI=1S/C22H27ClO5S/c1-5-12-29(25,26)17-10-8-15(4)18(14-17)19-13-16(23)9-11-21(19)28-20(6-2)22(24)27-7-3/h8-11,13-14,20H,5-7,12H2,1-4H3. The summed E-state index contributed by atoms with van der Waals surface area (Å²) in [6, 6.07) is 10.1. The molecule has 1 unspecified atom stereocenters. The first-order valence-electron chi connectivity index (χ1n) is 9.70. The fraction of sp³-hybridized carbons (Fsp3) is 0.409. The van der Waals surface area contributed by atoms with Gasteiger partial charge in [-0.15, -0.1) is 0 Å². The Kier molecular flexibility index (Phi) is 8.11. The molecular formula is C22H27ClO5S. The number of sulfone groups is 1. The molecule has 2 rings (SSSR count). The highest BCUT2D eigenvalue weighted by Crippen LogP contribution is 2.36. The van der Waals surface area contributed by atoms with Gasteiger partial charge in [0.25, 0.3) is 0 Å². The van der Waals surface area contributed by atoms with Gasteiger partial charge in [-0.05, 0) is 68.1 Å².